The van der Waals surface area contributed by atoms with Crippen LogP contribution >= 0.6 is 11.6 Å². The minimum Gasteiger partial charge on any atom is -0.489 e. The summed E-state index contributed by atoms with van der Waals surface area (Å²) < 4.78 is 11.1. The predicted octanol–water partition coefficient (Wildman–Crippen LogP) is 3.11. The molecule has 1 aliphatic rings. The second-order valence-corrected chi connectivity index (χ2v) is 5.85. The van der Waals surface area contributed by atoms with Gasteiger partial charge in [-0.15, -0.1) is 0 Å². The first-order valence-corrected chi connectivity index (χ1v) is 8.19. The van der Waals surface area contributed by atoms with Crippen molar-refractivity contribution < 1.29 is 19.1 Å². The van der Waals surface area contributed by atoms with Crippen molar-refractivity contribution in [3.63, 3.8) is 0 Å². The Labute approximate surface area is 150 Å². The van der Waals surface area contributed by atoms with Crippen molar-refractivity contribution in [1.82, 2.24) is 5.32 Å². The van der Waals surface area contributed by atoms with Gasteiger partial charge in [-0.05, 0) is 36.4 Å². The summed E-state index contributed by atoms with van der Waals surface area (Å²) in [6.45, 7) is 1.03. The third-order valence-electron chi connectivity index (χ3n) is 3.70. The molecule has 0 bridgehead atoms. The third kappa shape index (κ3) is 3.85. The maximum Gasteiger partial charge on any atom is 0.255 e. The van der Waals surface area contributed by atoms with Crippen LogP contribution in [0.1, 0.15) is 27.1 Å². The SMILES string of the molecule is CNC(=O)c1ccc(NC(=O)c2cc(Cl)c3c(c2)OCCCO3)cc1. The standard InChI is InChI=1S/C18H17ClN2O4/c1-20-17(22)11-3-5-13(6-4-11)21-18(23)12-9-14(19)16-15(10-12)24-7-2-8-25-16/h3-6,9-10H,2,7-8H2,1H3,(H,20,22)(H,21,23). The topological polar surface area (TPSA) is 76.7 Å². The first-order chi connectivity index (χ1) is 12.1. The van der Waals surface area contributed by atoms with Crippen LogP contribution < -0.4 is 20.1 Å². The summed E-state index contributed by atoms with van der Waals surface area (Å²) in [5, 5.41) is 5.64. The molecule has 0 atom stereocenters. The van der Waals surface area contributed by atoms with Crippen molar-refractivity contribution >= 4 is 29.1 Å². The van der Waals surface area contributed by atoms with E-state index in [9.17, 15) is 9.59 Å². The predicted molar refractivity (Wildman–Crippen MR) is 94.8 cm³/mol. The van der Waals surface area contributed by atoms with Gasteiger partial charge in [0.05, 0.1) is 18.2 Å². The molecule has 0 fully saturated rings. The number of anilines is 1. The van der Waals surface area contributed by atoms with E-state index >= 15 is 0 Å². The van der Waals surface area contributed by atoms with Crippen molar-refractivity contribution in [3.05, 3.63) is 52.5 Å². The number of rotatable bonds is 3. The summed E-state index contributed by atoms with van der Waals surface area (Å²) in [6, 6.07) is 9.75. The van der Waals surface area contributed by atoms with E-state index in [0.29, 0.717) is 46.5 Å². The highest BCUT2D eigenvalue weighted by Gasteiger charge is 2.18. The van der Waals surface area contributed by atoms with E-state index in [1.54, 1.807) is 43.4 Å². The van der Waals surface area contributed by atoms with E-state index in [2.05, 4.69) is 10.6 Å². The summed E-state index contributed by atoms with van der Waals surface area (Å²) in [6.07, 6.45) is 0.754. The van der Waals surface area contributed by atoms with Gasteiger partial charge < -0.3 is 20.1 Å². The second kappa shape index (κ2) is 7.44. The molecule has 6 nitrogen and oxygen atoms in total. The Morgan fingerprint density at radius 3 is 2.44 bits per heavy atom. The maximum atomic E-state index is 12.5. The summed E-state index contributed by atoms with van der Waals surface area (Å²) in [4.78, 5) is 24.0. The monoisotopic (exact) mass is 360 g/mol. The Hall–Kier alpha value is -2.73. The molecule has 2 N–H and O–H groups in total. The molecular weight excluding hydrogens is 344 g/mol. The average Bonchev–Trinajstić information content (AvgIpc) is 2.87. The zero-order valence-electron chi connectivity index (χ0n) is 13.6. The first kappa shape index (κ1) is 17.1. The van der Waals surface area contributed by atoms with Crippen molar-refractivity contribution in [2.24, 2.45) is 0 Å². The fourth-order valence-electron chi connectivity index (χ4n) is 2.41. The first-order valence-electron chi connectivity index (χ1n) is 7.81. The molecule has 2 aromatic carbocycles. The molecule has 0 spiro atoms. The van der Waals surface area contributed by atoms with Crippen molar-refractivity contribution in [1.29, 1.82) is 0 Å². The number of hydrogen-bond donors (Lipinski definition) is 2. The molecule has 3 rings (SSSR count). The van der Waals surface area contributed by atoms with E-state index in [4.69, 9.17) is 21.1 Å². The number of hydrogen-bond acceptors (Lipinski definition) is 4. The Morgan fingerprint density at radius 2 is 1.72 bits per heavy atom. The summed E-state index contributed by atoms with van der Waals surface area (Å²) in [5.41, 5.74) is 1.45. The lowest BCUT2D eigenvalue weighted by atomic mass is 10.1. The van der Waals surface area contributed by atoms with Gasteiger partial charge in [0, 0.05) is 30.3 Å². The molecular formula is C18H17ClN2O4. The van der Waals surface area contributed by atoms with Crippen LogP contribution in [0.25, 0.3) is 0 Å². The highest BCUT2D eigenvalue weighted by atomic mass is 35.5. The molecule has 0 aliphatic carbocycles. The van der Waals surface area contributed by atoms with Crippen molar-refractivity contribution in [2.75, 3.05) is 25.6 Å². The molecule has 7 heteroatoms. The molecule has 1 aliphatic heterocycles. The van der Waals surface area contributed by atoms with E-state index in [-0.39, 0.29) is 11.8 Å². The zero-order valence-corrected chi connectivity index (χ0v) is 14.4. The van der Waals surface area contributed by atoms with Crippen LogP contribution in [0.4, 0.5) is 5.69 Å². The van der Waals surface area contributed by atoms with Gasteiger partial charge in [-0.1, -0.05) is 11.6 Å². The summed E-state index contributed by atoms with van der Waals surface area (Å²) >= 11 is 6.21. The Balaban J connectivity index is 1.78. The van der Waals surface area contributed by atoms with Gasteiger partial charge in [0.2, 0.25) is 0 Å². The van der Waals surface area contributed by atoms with Crippen LogP contribution in [0.5, 0.6) is 11.5 Å². The zero-order chi connectivity index (χ0) is 17.8. The number of carbonyl (C=O) groups is 2. The van der Waals surface area contributed by atoms with E-state index < -0.39 is 0 Å². The Morgan fingerprint density at radius 1 is 1.00 bits per heavy atom. The molecule has 2 amide bonds. The molecule has 0 saturated carbocycles. The van der Waals surface area contributed by atoms with Gasteiger partial charge in [0.25, 0.3) is 11.8 Å². The summed E-state index contributed by atoms with van der Waals surface area (Å²) in [5.74, 6) is 0.411. The van der Waals surface area contributed by atoms with Crippen LogP contribution in [0.15, 0.2) is 36.4 Å². The Bertz CT molecular complexity index is 805. The molecule has 0 unspecified atom stereocenters. The largest absolute Gasteiger partial charge is 0.489 e. The van der Waals surface area contributed by atoms with Crippen LogP contribution in [0, 0.1) is 0 Å². The minimum atomic E-state index is -0.328. The Kier molecular flexibility index (Phi) is 5.09. The van der Waals surface area contributed by atoms with Crippen LogP contribution in [0.2, 0.25) is 5.02 Å². The molecule has 0 aromatic heterocycles. The molecule has 2 aromatic rings. The van der Waals surface area contributed by atoms with Gasteiger partial charge in [0.15, 0.2) is 11.5 Å². The van der Waals surface area contributed by atoms with Gasteiger partial charge in [-0.3, -0.25) is 9.59 Å². The minimum absolute atomic E-state index is 0.187. The molecule has 130 valence electrons. The fourth-order valence-corrected chi connectivity index (χ4v) is 2.68. The highest BCUT2D eigenvalue weighted by molar-refractivity contribution is 6.32. The van der Waals surface area contributed by atoms with Gasteiger partial charge in [-0.2, -0.15) is 0 Å². The maximum absolute atomic E-state index is 12.5. The summed E-state index contributed by atoms with van der Waals surface area (Å²) in [7, 11) is 1.56. The number of fused-ring (bicyclic) bond motifs is 1. The smallest absolute Gasteiger partial charge is 0.255 e. The fraction of sp³-hybridized carbons (Fsp3) is 0.222. The van der Waals surface area contributed by atoms with Crippen molar-refractivity contribution in [3.8, 4) is 11.5 Å². The van der Waals surface area contributed by atoms with Gasteiger partial charge >= 0.3 is 0 Å². The quantitative estimate of drug-likeness (QED) is 0.881. The lowest BCUT2D eigenvalue weighted by molar-refractivity contribution is 0.0962. The number of ether oxygens (including phenoxy) is 2. The van der Waals surface area contributed by atoms with Crippen LogP contribution in [-0.2, 0) is 0 Å². The van der Waals surface area contributed by atoms with Crippen LogP contribution in [-0.4, -0.2) is 32.1 Å². The molecule has 1 heterocycles. The lowest BCUT2D eigenvalue weighted by Gasteiger charge is -2.12. The van der Waals surface area contributed by atoms with E-state index in [1.165, 1.54) is 0 Å². The molecule has 0 radical (unpaired) electrons. The number of carbonyl (C=O) groups excluding carboxylic acids is 2. The van der Waals surface area contributed by atoms with E-state index in [1.807, 2.05) is 0 Å². The van der Waals surface area contributed by atoms with Crippen molar-refractivity contribution in [2.45, 2.75) is 6.42 Å². The van der Waals surface area contributed by atoms with Gasteiger partial charge in [0.1, 0.15) is 0 Å². The van der Waals surface area contributed by atoms with Crippen LogP contribution in [0.3, 0.4) is 0 Å². The average molecular weight is 361 g/mol. The highest BCUT2D eigenvalue weighted by Crippen LogP contribution is 2.38. The normalized spacial score (nSPS) is 12.9. The number of amides is 2. The van der Waals surface area contributed by atoms with Gasteiger partial charge in [-0.25, -0.2) is 0 Å². The number of nitrogens with one attached hydrogen (secondary N) is 2. The molecule has 0 saturated heterocycles. The second-order valence-electron chi connectivity index (χ2n) is 5.45. The number of benzene rings is 2. The van der Waals surface area contributed by atoms with E-state index in [0.717, 1.165) is 6.42 Å². The number of halogens is 1. The molecule has 25 heavy (non-hydrogen) atoms. The lowest BCUT2D eigenvalue weighted by Crippen LogP contribution is -2.18. The third-order valence-corrected chi connectivity index (χ3v) is 3.98.